The minimum atomic E-state index is 0.604. The number of nitrogens with zero attached hydrogens (tertiary/aromatic N) is 3. The second-order valence-corrected chi connectivity index (χ2v) is 7.20. The second kappa shape index (κ2) is 7.52. The van der Waals surface area contributed by atoms with Crippen molar-refractivity contribution >= 4 is 12.0 Å². The van der Waals surface area contributed by atoms with E-state index < -0.39 is 0 Å². The fourth-order valence-corrected chi connectivity index (χ4v) is 3.73. The van der Waals surface area contributed by atoms with Crippen LogP contribution in [0.5, 0.6) is 17.4 Å². The summed E-state index contributed by atoms with van der Waals surface area (Å²) in [6.07, 6.45) is 2.54. The molecule has 0 saturated carbocycles. The van der Waals surface area contributed by atoms with E-state index in [1.165, 1.54) is 0 Å². The second-order valence-electron chi connectivity index (χ2n) is 7.20. The average Bonchev–Trinajstić information content (AvgIpc) is 3.15. The molecule has 148 valence electrons. The predicted molar refractivity (Wildman–Crippen MR) is 118 cm³/mol. The molecular weight excluding hydrogens is 374 g/mol. The molecule has 1 aliphatic rings. The molecule has 4 aromatic rings. The van der Waals surface area contributed by atoms with Gasteiger partial charge in [-0.3, -0.25) is 0 Å². The van der Waals surface area contributed by atoms with E-state index in [0.29, 0.717) is 5.88 Å². The number of methoxy groups -OCH3 is 1. The van der Waals surface area contributed by atoms with Gasteiger partial charge in [-0.2, -0.15) is 0 Å². The van der Waals surface area contributed by atoms with Gasteiger partial charge in [-0.15, -0.1) is 5.10 Å². The van der Waals surface area contributed by atoms with Crippen molar-refractivity contribution < 1.29 is 9.47 Å². The van der Waals surface area contributed by atoms with Gasteiger partial charge in [0.15, 0.2) is 5.82 Å². The maximum absolute atomic E-state index is 6.22. The Hall–Kier alpha value is -3.86. The lowest BCUT2D eigenvalue weighted by atomic mass is 10.0. The van der Waals surface area contributed by atoms with Gasteiger partial charge < -0.3 is 9.47 Å². The lowest BCUT2D eigenvalue weighted by Gasteiger charge is -2.17. The quantitative estimate of drug-likeness (QED) is 0.370. The first kappa shape index (κ1) is 18.2. The maximum Gasteiger partial charge on any atom is 0.244 e. The topological polar surface area (TPSA) is 48.6 Å². The van der Waals surface area contributed by atoms with Crippen molar-refractivity contribution in [3.8, 4) is 23.1 Å². The number of aromatic nitrogens is 2. The maximum atomic E-state index is 6.22. The van der Waals surface area contributed by atoms with Gasteiger partial charge in [-0.05, 0) is 42.3 Å². The highest BCUT2D eigenvalue weighted by atomic mass is 16.5. The number of aliphatic imine (C=N–C) groups is 1. The van der Waals surface area contributed by atoms with E-state index in [1.54, 1.807) is 7.11 Å². The zero-order valence-corrected chi connectivity index (χ0v) is 16.9. The third-order valence-electron chi connectivity index (χ3n) is 5.24. The summed E-state index contributed by atoms with van der Waals surface area (Å²) in [7, 11) is 1.66. The fraction of sp³-hybridized carbons (Fsp3) is 0.120. The van der Waals surface area contributed by atoms with Gasteiger partial charge in [0.2, 0.25) is 5.88 Å². The van der Waals surface area contributed by atoms with Gasteiger partial charge in [-0.25, -0.2) is 9.67 Å². The Morgan fingerprint density at radius 2 is 1.80 bits per heavy atom. The minimum Gasteiger partial charge on any atom is -0.496 e. The van der Waals surface area contributed by atoms with Crippen LogP contribution in [0.3, 0.4) is 0 Å². The van der Waals surface area contributed by atoms with Gasteiger partial charge in [-0.1, -0.05) is 48.5 Å². The SMILES string of the molecule is COc1ccccc1/C=N/c1c2c(nn1-c1ccccc1)Oc1c(C)cccc1C2. The molecule has 1 aliphatic heterocycles. The molecule has 2 heterocycles. The first-order chi connectivity index (χ1) is 14.7. The molecule has 3 aromatic carbocycles. The summed E-state index contributed by atoms with van der Waals surface area (Å²) in [5.41, 5.74) is 5.06. The zero-order chi connectivity index (χ0) is 20.5. The monoisotopic (exact) mass is 395 g/mol. The van der Waals surface area contributed by atoms with Crippen molar-refractivity contribution in [3.63, 3.8) is 0 Å². The lowest BCUT2D eigenvalue weighted by molar-refractivity contribution is 0.414. The van der Waals surface area contributed by atoms with Crippen LogP contribution in [0, 0.1) is 6.92 Å². The molecule has 30 heavy (non-hydrogen) atoms. The minimum absolute atomic E-state index is 0.604. The Kier molecular flexibility index (Phi) is 4.56. The predicted octanol–water partition coefficient (Wildman–Crippen LogP) is 5.64. The third-order valence-corrected chi connectivity index (χ3v) is 5.24. The summed E-state index contributed by atoms with van der Waals surface area (Å²) in [6, 6.07) is 24.0. The molecule has 0 radical (unpaired) electrons. The fourth-order valence-electron chi connectivity index (χ4n) is 3.73. The number of para-hydroxylation sites is 3. The Balaban J connectivity index is 1.64. The number of rotatable bonds is 4. The Bertz CT molecular complexity index is 1240. The normalized spacial score (nSPS) is 12.3. The summed E-state index contributed by atoms with van der Waals surface area (Å²) >= 11 is 0. The number of benzene rings is 3. The molecule has 0 saturated heterocycles. The Morgan fingerprint density at radius 3 is 2.63 bits per heavy atom. The van der Waals surface area contributed by atoms with Crippen LogP contribution in [0.1, 0.15) is 22.3 Å². The molecule has 0 bridgehead atoms. The van der Waals surface area contributed by atoms with Crippen LogP contribution >= 0.6 is 0 Å². The first-order valence-electron chi connectivity index (χ1n) is 9.85. The molecule has 0 amide bonds. The van der Waals surface area contributed by atoms with Crippen molar-refractivity contribution in [1.29, 1.82) is 0 Å². The molecule has 5 heteroatoms. The van der Waals surface area contributed by atoms with E-state index in [2.05, 4.69) is 25.1 Å². The molecule has 5 nitrogen and oxygen atoms in total. The summed E-state index contributed by atoms with van der Waals surface area (Å²) in [4.78, 5) is 4.85. The smallest absolute Gasteiger partial charge is 0.244 e. The van der Waals surface area contributed by atoms with E-state index in [9.17, 15) is 0 Å². The number of hydrogen-bond donors (Lipinski definition) is 0. The van der Waals surface area contributed by atoms with E-state index >= 15 is 0 Å². The Morgan fingerprint density at radius 1 is 1.00 bits per heavy atom. The van der Waals surface area contributed by atoms with Crippen molar-refractivity contribution in [2.45, 2.75) is 13.3 Å². The van der Waals surface area contributed by atoms with Gasteiger partial charge in [0, 0.05) is 18.2 Å². The summed E-state index contributed by atoms with van der Waals surface area (Å²) in [5.74, 6) is 3.03. The summed E-state index contributed by atoms with van der Waals surface area (Å²) in [6.45, 7) is 2.05. The molecule has 5 rings (SSSR count). The van der Waals surface area contributed by atoms with E-state index in [4.69, 9.17) is 19.6 Å². The first-order valence-corrected chi connectivity index (χ1v) is 9.85. The summed E-state index contributed by atoms with van der Waals surface area (Å²) in [5, 5.41) is 4.77. The molecule has 0 unspecified atom stereocenters. The van der Waals surface area contributed by atoms with Gasteiger partial charge in [0.25, 0.3) is 0 Å². The number of aryl methyl sites for hydroxylation is 1. The van der Waals surface area contributed by atoms with Crippen molar-refractivity contribution in [2.24, 2.45) is 4.99 Å². The summed E-state index contributed by atoms with van der Waals surface area (Å²) < 4.78 is 13.5. The van der Waals surface area contributed by atoms with Crippen LogP contribution in [0.15, 0.2) is 77.8 Å². The number of fused-ring (bicyclic) bond motifs is 2. The molecule has 0 fully saturated rings. The number of ether oxygens (including phenoxy) is 2. The van der Waals surface area contributed by atoms with Crippen molar-refractivity contribution in [2.75, 3.05) is 7.11 Å². The van der Waals surface area contributed by atoms with Crippen molar-refractivity contribution in [3.05, 3.63) is 95.1 Å². The van der Waals surface area contributed by atoms with E-state index in [-0.39, 0.29) is 0 Å². The largest absolute Gasteiger partial charge is 0.496 e. The van der Waals surface area contributed by atoms with Gasteiger partial charge in [0.1, 0.15) is 11.5 Å². The standard InChI is InChI=1S/C25H21N3O2/c1-17-9-8-11-18-15-21-24(26-16-19-10-6-7-14-22(19)29-2)28(20-12-4-3-5-13-20)27-25(21)30-23(17)18/h3-14,16H,15H2,1-2H3/b26-16+. The highest BCUT2D eigenvalue weighted by Crippen LogP contribution is 2.43. The van der Waals surface area contributed by atoms with Crippen molar-refractivity contribution in [1.82, 2.24) is 9.78 Å². The molecular formula is C25H21N3O2. The molecule has 0 aliphatic carbocycles. The van der Waals surface area contributed by atoms with Gasteiger partial charge >= 0.3 is 0 Å². The number of hydrogen-bond acceptors (Lipinski definition) is 4. The van der Waals surface area contributed by atoms with Crippen LogP contribution in [0.25, 0.3) is 5.69 Å². The highest BCUT2D eigenvalue weighted by molar-refractivity contribution is 5.85. The van der Waals surface area contributed by atoms with Crippen LogP contribution in [-0.4, -0.2) is 23.1 Å². The van der Waals surface area contributed by atoms with Crippen LogP contribution in [0.2, 0.25) is 0 Å². The Labute approximate surface area is 175 Å². The van der Waals surface area contributed by atoms with Gasteiger partial charge in [0.05, 0.1) is 18.4 Å². The molecule has 0 N–H and O–H groups in total. The lowest BCUT2D eigenvalue weighted by Crippen LogP contribution is -2.03. The highest BCUT2D eigenvalue weighted by Gasteiger charge is 2.27. The third kappa shape index (κ3) is 3.14. The molecule has 0 spiro atoms. The van der Waals surface area contributed by atoms with E-state index in [0.717, 1.165) is 51.7 Å². The van der Waals surface area contributed by atoms with Crippen LogP contribution < -0.4 is 9.47 Å². The zero-order valence-electron chi connectivity index (χ0n) is 16.9. The van der Waals surface area contributed by atoms with E-state index in [1.807, 2.05) is 65.5 Å². The van der Waals surface area contributed by atoms with Crippen LogP contribution in [0.4, 0.5) is 5.82 Å². The molecule has 1 aromatic heterocycles. The molecule has 0 atom stereocenters. The van der Waals surface area contributed by atoms with Crippen LogP contribution in [-0.2, 0) is 6.42 Å². The average molecular weight is 395 g/mol.